The number of benzene rings is 3. The number of halogens is 3. The number of hydrogen-bond donors (Lipinski definition) is 3. The van der Waals surface area contributed by atoms with Crippen LogP contribution in [-0.2, 0) is 16.1 Å². The van der Waals surface area contributed by atoms with Gasteiger partial charge in [-0.1, -0.05) is 65.1 Å². The quantitative estimate of drug-likeness (QED) is 0.250. The zero-order valence-electron chi connectivity index (χ0n) is 21.1. The molecule has 0 bridgehead atoms. The van der Waals surface area contributed by atoms with Gasteiger partial charge in [-0.15, -0.1) is 11.8 Å². The topological polar surface area (TPSA) is 117 Å². The number of aliphatic carboxylic acids is 1. The summed E-state index contributed by atoms with van der Waals surface area (Å²) in [5.41, 5.74) is 1.11. The molecule has 3 aromatic carbocycles. The Morgan fingerprint density at radius 3 is 2.39 bits per heavy atom. The van der Waals surface area contributed by atoms with Crippen LogP contribution in [0.1, 0.15) is 5.56 Å². The van der Waals surface area contributed by atoms with Crippen LogP contribution in [0.3, 0.4) is 0 Å². The first kappa shape index (κ1) is 28.9. The Balaban J connectivity index is 1.27. The third kappa shape index (κ3) is 6.51. The fraction of sp³-hybridized carbons (Fsp3) is 0.179. The van der Waals surface area contributed by atoms with Crippen LogP contribution in [-0.4, -0.2) is 51.7 Å². The molecule has 0 radical (unpaired) electrons. The fourth-order valence-corrected chi connectivity index (χ4v) is 6.22. The second-order valence-electron chi connectivity index (χ2n) is 9.01. The van der Waals surface area contributed by atoms with Crippen molar-refractivity contribution in [3.05, 3.63) is 98.6 Å². The first-order chi connectivity index (χ1) is 19.7. The lowest BCUT2D eigenvalue weighted by molar-refractivity contribution is -0.148. The van der Waals surface area contributed by atoms with Crippen LogP contribution < -0.4 is 20.1 Å². The van der Waals surface area contributed by atoms with E-state index in [-0.39, 0.29) is 35.4 Å². The zero-order valence-corrected chi connectivity index (χ0v) is 24.2. The van der Waals surface area contributed by atoms with Crippen molar-refractivity contribution in [2.75, 3.05) is 12.4 Å². The Bertz CT molecular complexity index is 1540. The molecule has 2 aliphatic heterocycles. The molecule has 0 aliphatic carbocycles. The number of carbonyl (C=O) groups is 3. The predicted octanol–water partition coefficient (Wildman–Crippen LogP) is 5.94. The number of ether oxygens (including phenoxy) is 2. The molecule has 3 N–H and O–H groups in total. The van der Waals surface area contributed by atoms with Crippen molar-refractivity contribution in [1.29, 1.82) is 0 Å². The molecule has 3 aromatic rings. The van der Waals surface area contributed by atoms with Crippen LogP contribution in [0.2, 0.25) is 15.1 Å². The average Bonchev–Trinajstić information content (AvgIpc) is 2.96. The Morgan fingerprint density at radius 1 is 0.976 bits per heavy atom. The summed E-state index contributed by atoms with van der Waals surface area (Å²) < 4.78 is 11.9. The Morgan fingerprint density at radius 2 is 1.68 bits per heavy atom. The van der Waals surface area contributed by atoms with E-state index in [2.05, 4.69) is 10.6 Å². The molecule has 0 aromatic heterocycles. The third-order valence-electron chi connectivity index (χ3n) is 6.25. The van der Waals surface area contributed by atoms with Gasteiger partial charge in [0.2, 0.25) is 0 Å². The van der Waals surface area contributed by atoms with Crippen LogP contribution in [0.15, 0.2) is 78.0 Å². The molecule has 0 spiro atoms. The molecule has 13 heteroatoms. The van der Waals surface area contributed by atoms with Crippen LogP contribution in [0.4, 0.5) is 4.79 Å². The monoisotopic (exact) mass is 633 g/mol. The third-order valence-corrected chi connectivity index (χ3v) is 8.36. The highest BCUT2D eigenvalue weighted by Crippen LogP contribution is 2.42. The molecule has 2 atom stereocenters. The highest BCUT2D eigenvalue weighted by molar-refractivity contribution is 8.00. The van der Waals surface area contributed by atoms with Gasteiger partial charge in [0.05, 0.1) is 5.02 Å². The molecule has 9 nitrogen and oxygen atoms in total. The van der Waals surface area contributed by atoms with Crippen molar-refractivity contribution >= 4 is 64.5 Å². The Kier molecular flexibility index (Phi) is 8.84. The van der Waals surface area contributed by atoms with E-state index in [1.165, 1.54) is 28.8 Å². The minimum Gasteiger partial charge on any atom is -0.485 e. The molecule has 2 heterocycles. The Hall–Kier alpha value is -3.57. The molecule has 1 saturated heterocycles. The molecule has 0 saturated carbocycles. The number of carboxylic acid groups (broad SMARTS) is 1. The maximum absolute atomic E-state index is 13.0. The molecule has 212 valence electrons. The Labute approximate surface area is 254 Å². The maximum atomic E-state index is 13.0. The summed E-state index contributed by atoms with van der Waals surface area (Å²) in [6, 6.07) is 17.5. The zero-order chi connectivity index (χ0) is 29.1. The van der Waals surface area contributed by atoms with Gasteiger partial charge in [-0.2, -0.15) is 0 Å². The molecule has 3 amide bonds. The van der Waals surface area contributed by atoms with Gasteiger partial charge in [-0.25, -0.2) is 9.59 Å². The fourth-order valence-electron chi connectivity index (χ4n) is 4.29. The van der Waals surface area contributed by atoms with E-state index in [1.807, 2.05) is 30.3 Å². The van der Waals surface area contributed by atoms with E-state index in [4.69, 9.17) is 44.3 Å². The molecule has 2 aliphatic rings. The van der Waals surface area contributed by atoms with Gasteiger partial charge in [-0.3, -0.25) is 9.69 Å². The van der Waals surface area contributed by atoms with Crippen LogP contribution in [0, 0.1) is 0 Å². The van der Waals surface area contributed by atoms with Crippen molar-refractivity contribution in [3.8, 4) is 17.2 Å². The number of hydrogen-bond acceptors (Lipinski definition) is 6. The first-order valence-corrected chi connectivity index (χ1v) is 14.4. The van der Waals surface area contributed by atoms with E-state index in [9.17, 15) is 19.5 Å². The summed E-state index contributed by atoms with van der Waals surface area (Å²) in [5.74, 6) is -0.650. The van der Waals surface area contributed by atoms with Crippen LogP contribution >= 0.6 is 46.6 Å². The highest BCUT2D eigenvalue weighted by atomic mass is 35.5. The average molecular weight is 635 g/mol. The normalized spacial score (nSPS) is 17.8. The number of carbonyl (C=O) groups excluding carboxylic acids is 2. The summed E-state index contributed by atoms with van der Waals surface area (Å²) in [7, 11) is 0. The summed E-state index contributed by atoms with van der Waals surface area (Å²) in [6.45, 7) is 0.141. The number of rotatable bonds is 9. The number of carboxylic acids is 1. The van der Waals surface area contributed by atoms with E-state index < -0.39 is 29.3 Å². The minimum atomic E-state index is -1.27. The smallest absolute Gasteiger partial charge is 0.352 e. The lowest BCUT2D eigenvalue weighted by Gasteiger charge is -2.49. The summed E-state index contributed by atoms with van der Waals surface area (Å²) in [4.78, 5) is 38.8. The first-order valence-electron chi connectivity index (χ1n) is 12.2. The number of urea groups is 1. The predicted molar refractivity (Wildman–Crippen MR) is 157 cm³/mol. The van der Waals surface area contributed by atoms with Crippen molar-refractivity contribution in [1.82, 2.24) is 15.5 Å². The van der Waals surface area contributed by atoms with Crippen molar-refractivity contribution in [2.45, 2.75) is 18.0 Å². The van der Waals surface area contributed by atoms with E-state index in [0.29, 0.717) is 27.1 Å². The van der Waals surface area contributed by atoms with Gasteiger partial charge in [0.1, 0.15) is 29.5 Å². The van der Waals surface area contributed by atoms with Crippen molar-refractivity contribution in [2.24, 2.45) is 0 Å². The second kappa shape index (κ2) is 12.5. The van der Waals surface area contributed by atoms with Gasteiger partial charge in [-0.05, 0) is 35.9 Å². The maximum Gasteiger partial charge on any atom is 0.352 e. The summed E-state index contributed by atoms with van der Waals surface area (Å²) in [6.07, 6.45) is 0. The molecule has 5 rings (SSSR count). The molecular weight excluding hydrogens is 613 g/mol. The number of amides is 3. The van der Waals surface area contributed by atoms with Crippen LogP contribution in [0.25, 0.3) is 0 Å². The van der Waals surface area contributed by atoms with Gasteiger partial charge in [0.15, 0.2) is 11.5 Å². The summed E-state index contributed by atoms with van der Waals surface area (Å²) >= 11 is 19.7. The largest absolute Gasteiger partial charge is 0.485 e. The lowest BCUT2D eigenvalue weighted by atomic mass is 10.0. The standard InChI is InChI=1S/C28H22Cl3N3O6S/c29-17-6-8-20(19(31)10-17)40-21-9-7-18(30)11-22(21)39-13-16-14-41-26-23(25(35)34(26)24(16)27(36)37)33-28(38)32-12-15-4-2-1-3-5-15/h1-11,23,26H,12-14H2,(H,36,37)(H2,32,33,38)/t23-,26-/m1/s1. The van der Waals surface area contributed by atoms with E-state index in [1.54, 1.807) is 24.3 Å². The number of thioether (sulfide) groups is 1. The van der Waals surface area contributed by atoms with Crippen molar-refractivity contribution < 1.29 is 29.0 Å². The number of nitrogens with zero attached hydrogens (tertiary/aromatic N) is 1. The van der Waals surface area contributed by atoms with Gasteiger partial charge < -0.3 is 25.2 Å². The molecule has 1 fully saturated rings. The summed E-state index contributed by atoms with van der Waals surface area (Å²) in [5, 5.41) is 15.9. The lowest BCUT2D eigenvalue weighted by Crippen LogP contribution is -2.71. The second-order valence-corrected chi connectivity index (χ2v) is 11.4. The molecule has 0 unspecified atom stereocenters. The number of nitrogens with one attached hydrogen (secondary N) is 2. The van der Waals surface area contributed by atoms with Gasteiger partial charge in [0.25, 0.3) is 5.91 Å². The van der Waals surface area contributed by atoms with E-state index >= 15 is 0 Å². The van der Waals surface area contributed by atoms with Gasteiger partial charge in [0, 0.05) is 34.0 Å². The highest BCUT2D eigenvalue weighted by Gasteiger charge is 2.54. The number of fused-ring (bicyclic) bond motifs is 1. The minimum absolute atomic E-state index is 0.147. The number of β-lactam (4-membered cyclic amide) rings is 1. The van der Waals surface area contributed by atoms with Crippen LogP contribution in [0.5, 0.6) is 17.2 Å². The van der Waals surface area contributed by atoms with Gasteiger partial charge >= 0.3 is 12.0 Å². The molecule has 41 heavy (non-hydrogen) atoms. The SMILES string of the molecule is O=C(NCc1ccccc1)N[C@@H]1C(=O)N2C(C(=O)O)=C(COc3cc(Cl)ccc3Oc3ccc(Cl)cc3Cl)CS[C@H]12. The van der Waals surface area contributed by atoms with E-state index in [0.717, 1.165) is 5.56 Å². The molecular formula is C28H22Cl3N3O6S. The van der Waals surface area contributed by atoms with Crippen molar-refractivity contribution in [3.63, 3.8) is 0 Å².